The van der Waals surface area contributed by atoms with Gasteiger partial charge < -0.3 is 5.32 Å². The molecule has 0 saturated heterocycles. The molecule has 0 amide bonds. The second-order valence-electron chi connectivity index (χ2n) is 6.01. The van der Waals surface area contributed by atoms with Gasteiger partial charge in [0.05, 0.1) is 5.52 Å². The Bertz CT molecular complexity index is 625. The smallest absolute Gasteiger partial charge is 0.0757 e. The van der Waals surface area contributed by atoms with Crippen LogP contribution in [-0.2, 0) is 0 Å². The van der Waals surface area contributed by atoms with Gasteiger partial charge in [-0.1, -0.05) is 25.0 Å². The van der Waals surface area contributed by atoms with E-state index in [9.17, 15) is 0 Å². The standard InChI is InChI=1S/C18H24N2/c1-4-19-17-11-16(14-7-5-6-8-14)20-18-13(3)12(2)9-10-15(17)18/h9-11,14H,4-8H2,1-3H3,(H,19,20). The van der Waals surface area contributed by atoms with Crippen LogP contribution < -0.4 is 5.32 Å². The molecule has 106 valence electrons. The van der Waals surface area contributed by atoms with Gasteiger partial charge >= 0.3 is 0 Å². The highest BCUT2D eigenvalue weighted by atomic mass is 14.9. The number of nitrogens with zero attached hydrogens (tertiary/aromatic N) is 1. The van der Waals surface area contributed by atoms with E-state index in [2.05, 4.69) is 44.3 Å². The van der Waals surface area contributed by atoms with Crippen LogP contribution in [-0.4, -0.2) is 11.5 Å². The zero-order valence-corrected chi connectivity index (χ0v) is 12.8. The summed E-state index contributed by atoms with van der Waals surface area (Å²) in [5.74, 6) is 0.664. The van der Waals surface area contributed by atoms with Gasteiger partial charge in [0.1, 0.15) is 0 Å². The van der Waals surface area contributed by atoms with Crippen LogP contribution in [0.15, 0.2) is 18.2 Å². The van der Waals surface area contributed by atoms with Gasteiger partial charge in [0.25, 0.3) is 0 Å². The third kappa shape index (κ3) is 2.28. The Hall–Kier alpha value is -1.57. The Balaban J connectivity index is 2.19. The van der Waals surface area contributed by atoms with Crippen LogP contribution in [0.3, 0.4) is 0 Å². The lowest BCUT2D eigenvalue weighted by Gasteiger charge is -2.16. The Kier molecular flexibility index (Phi) is 3.64. The van der Waals surface area contributed by atoms with Crippen molar-refractivity contribution in [2.45, 2.75) is 52.4 Å². The Morgan fingerprint density at radius 1 is 1.20 bits per heavy atom. The van der Waals surface area contributed by atoms with Crippen molar-refractivity contribution in [3.05, 3.63) is 35.0 Å². The van der Waals surface area contributed by atoms with E-state index in [1.165, 1.54) is 59.1 Å². The van der Waals surface area contributed by atoms with Crippen LogP contribution >= 0.6 is 0 Å². The fourth-order valence-corrected chi connectivity index (χ4v) is 3.32. The van der Waals surface area contributed by atoms with Crippen molar-refractivity contribution in [1.29, 1.82) is 0 Å². The van der Waals surface area contributed by atoms with E-state index in [1.807, 2.05) is 0 Å². The summed E-state index contributed by atoms with van der Waals surface area (Å²) >= 11 is 0. The van der Waals surface area contributed by atoms with Crippen LogP contribution in [0.25, 0.3) is 10.9 Å². The quantitative estimate of drug-likeness (QED) is 0.852. The molecule has 1 N–H and O–H groups in total. The number of benzene rings is 1. The number of fused-ring (bicyclic) bond motifs is 1. The first-order valence-corrected chi connectivity index (χ1v) is 7.85. The van der Waals surface area contributed by atoms with E-state index in [0.717, 1.165) is 6.54 Å². The average Bonchev–Trinajstić information content (AvgIpc) is 2.97. The second kappa shape index (κ2) is 5.43. The minimum atomic E-state index is 0.664. The lowest BCUT2D eigenvalue weighted by molar-refractivity contribution is 0.701. The van der Waals surface area contributed by atoms with Crippen LogP contribution in [0, 0.1) is 13.8 Å². The number of anilines is 1. The molecule has 1 aliphatic rings. The van der Waals surface area contributed by atoms with Crippen molar-refractivity contribution in [2.75, 3.05) is 11.9 Å². The first-order chi connectivity index (χ1) is 9.70. The Morgan fingerprint density at radius 3 is 2.65 bits per heavy atom. The molecule has 1 saturated carbocycles. The van der Waals surface area contributed by atoms with Gasteiger partial charge in [0.2, 0.25) is 0 Å². The molecule has 2 nitrogen and oxygen atoms in total. The fraction of sp³-hybridized carbons (Fsp3) is 0.500. The first kappa shape index (κ1) is 13.4. The topological polar surface area (TPSA) is 24.9 Å². The summed E-state index contributed by atoms with van der Waals surface area (Å²) in [6.07, 6.45) is 5.31. The highest BCUT2D eigenvalue weighted by Crippen LogP contribution is 2.36. The van der Waals surface area contributed by atoms with Crippen LogP contribution in [0.2, 0.25) is 0 Å². The molecule has 1 aliphatic carbocycles. The van der Waals surface area contributed by atoms with Gasteiger partial charge in [-0.25, -0.2) is 0 Å². The summed E-state index contributed by atoms with van der Waals surface area (Å²) in [4.78, 5) is 5.02. The summed E-state index contributed by atoms with van der Waals surface area (Å²) in [5.41, 5.74) is 6.38. The predicted octanol–water partition coefficient (Wildman–Crippen LogP) is 4.94. The van der Waals surface area contributed by atoms with E-state index in [4.69, 9.17) is 4.98 Å². The minimum absolute atomic E-state index is 0.664. The Morgan fingerprint density at radius 2 is 1.95 bits per heavy atom. The summed E-state index contributed by atoms with van der Waals surface area (Å²) in [6.45, 7) is 7.48. The molecule has 1 aromatic heterocycles. The van der Waals surface area contributed by atoms with Gasteiger partial charge in [0, 0.05) is 29.2 Å². The number of rotatable bonds is 3. The number of nitrogens with one attached hydrogen (secondary N) is 1. The van der Waals surface area contributed by atoms with E-state index in [1.54, 1.807) is 0 Å². The van der Waals surface area contributed by atoms with Crippen molar-refractivity contribution >= 4 is 16.6 Å². The van der Waals surface area contributed by atoms with Crippen molar-refractivity contribution in [1.82, 2.24) is 4.98 Å². The number of aryl methyl sites for hydroxylation is 2. The number of hydrogen-bond acceptors (Lipinski definition) is 2. The van der Waals surface area contributed by atoms with E-state index < -0.39 is 0 Å². The zero-order chi connectivity index (χ0) is 14.1. The number of pyridine rings is 1. The van der Waals surface area contributed by atoms with E-state index in [0.29, 0.717) is 5.92 Å². The molecular weight excluding hydrogens is 244 g/mol. The fourth-order valence-electron chi connectivity index (χ4n) is 3.32. The zero-order valence-electron chi connectivity index (χ0n) is 12.8. The molecule has 0 bridgehead atoms. The van der Waals surface area contributed by atoms with Crippen molar-refractivity contribution < 1.29 is 0 Å². The molecule has 2 aromatic rings. The molecule has 1 aromatic carbocycles. The van der Waals surface area contributed by atoms with E-state index in [-0.39, 0.29) is 0 Å². The molecule has 1 heterocycles. The van der Waals surface area contributed by atoms with Crippen LogP contribution in [0.4, 0.5) is 5.69 Å². The van der Waals surface area contributed by atoms with Gasteiger partial charge in [-0.2, -0.15) is 0 Å². The van der Waals surface area contributed by atoms with Gasteiger partial charge in [-0.15, -0.1) is 0 Å². The van der Waals surface area contributed by atoms with Gasteiger partial charge in [0.15, 0.2) is 0 Å². The highest BCUT2D eigenvalue weighted by molar-refractivity contribution is 5.94. The maximum absolute atomic E-state index is 5.02. The van der Waals surface area contributed by atoms with E-state index >= 15 is 0 Å². The highest BCUT2D eigenvalue weighted by Gasteiger charge is 2.20. The lowest BCUT2D eigenvalue weighted by atomic mass is 9.98. The third-order valence-electron chi connectivity index (χ3n) is 4.67. The number of aromatic nitrogens is 1. The van der Waals surface area contributed by atoms with Gasteiger partial charge in [-0.05, 0) is 50.8 Å². The molecule has 1 fully saturated rings. The third-order valence-corrected chi connectivity index (χ3v) is 4.67. The lowest BCUT2D eigenvalue weighted by Crippen LogP contribution is -2.04. The van der Waals surface area contributed by atoms with Crippen molar-refractivity contribution in [2.24, 2.45) is 0 Å². The maximum atomic E-state index is 5.02. The molecule has 0 aliphatic heterocycles. The maximum Gasteiger partial charge on any atom is 0.0757 e. The second-order valence-corrected chi connectivity index (χ2v) is 6.01. The Labute approximate surface area is 121 Å². The molecule has 0 radical (unpaired) electrons. The van der Waals surface area contributed by atoms with Gasteiger partial charge in [-0.3, -0.25) is 4.98 Å². The monoisotopic (exact) mass is 268 g/mol. The average molecular weight is 268 g/mol. The molecule has 0 unspecified atom stereocenters. The predicted molar refractivity (Wildman–Crippen MR) is 86.6 cm³/mol. The summed E-state index contributed by atoms with van der Waals surface area (Å²) in [7, 11) is 0. The minimum Gasteiger partial charge on any atom is -0.385 e. The van der Waals surface area contributed by atoms with Crippen molar-refractivity contribution in [3.63, 3.8) is 0 Å². The summed E-state index contributed by atoms with van der Waals surface area (Å²) in [5, 5.41) is 4.78. The summed E-state index contributed by atoms with van der Waals surface area (Å²) in [6, 6.07) is 6.70. The molecule has 3 rings (SSSR count). The molecule has 20 heavy (non-hydrogen) atoms. The van der Waals surface area contributed by atoms with Crippen LogP contribution in [0.5, 0.6) is 0 Å². The van der Waals surface area contributed by atoms with Crippen molar-refractivity contribution in [3.8, 4) is 0 Å². The molecular formula is C18H24N2. The summed E-state index contributed by atoms with van der Waals surface area (Å²) < 4.78 is 0. The first-order valence-electron chi connectivity index (χ1n) is 7.85. The largest absolute Gasteiger partial charge is 0.385 e. The molecule has 0 atom stereocenters. The normalized spacial score (nSPS) is 15.9. The number of hydrogen-bond donors (Lipinski definition) is 1. The SMILES string of the molecule is CCNc1cc(C2CCCC2)nc2c(C)c(C)ccc12. The molecule has 0 spiro atoms. The molecule has 2 heteroatoms. The van der Waals surface area contributed by atoms with Crippen LogP contribution in [0.1, 0.15) is 55.3 Å².